The summed E-state index contributed by atoms with van der Waals surface area (Å²) in [5.41, 5.74) is -5.60. The molecule has 0 saturated carbocycles. The molecule has 4 saturated heterocycles. The number of amides is 4. The van der Waals surface area contributed by atoms with Gasteiger partial charge in [0.15, 0.2) is 22.4 Å². The number of nitrogens with one attached hydrogen (secondary N) is 4. The molecule has 2 aromatic heterocycles. The van der Waals surface area contributed by atoms with Crippen molar-refractivity contribution in [2.24, 2.45) is 0 Å². The molecule has 2 aromatic rings. The topological polar surface area (TPSA) is 192 Å². The molecule has 18 heteroatoms. The van der Waals surface area contributed by atoms with E-state index in [-0.39, 0.29) is 89.3 Å². The lowest BCUT2D eigenvalue weighted by Gasteiger charge is -2.46. The SMILES string of the molecule is CC1(C)CN2Cc3cccc(n3)CN3CC(C)(C)NC(=O)[C@](C)(C2)OCCCO[C@]2(C)CNCC(C)(C)N4Cc5cccc(n5)CN(C2=O)C(C)(C)CNC[C@@](C)(OCCCO[C@@](C)(C3)C(=O)N1)C4=O. The summed E-state index contributed by atoms with van der Waals surface area (Å²) in [6.45, 7) is 27.0. The molecule has 388 valence electrons. The molecule has 8 aliphatic rings. The Kier molecular flexibility index (Phi) is 15.6. The van der Waals surface area contributed by atoms with E-state index < -0.39 is 44.6 Å². The third kappa shape index (κ3) is 12.5. The van der Waals surface area contributed by atoms with Crippen LogP contribution in [-0.4, -0.2) is 177 Å². The first-order valence-electron chi connectivity index (χ1n) is 25.3. The molecule has 18 nitrogen and oxygen atoms in total. The maximum Gasteiger partial charge on any atom is 0.256 e. The molecule has 10 rings (SSSR count). The zero-order valence-electron chi connectivity index (χ0n) is 44.1. The number of hydrogen-bond donors (Lipinski definition) is 4. The van der Waals surface area contributed by atoms with Gasteiger partial charge in [0, 0.05) is 76.5 Å². The number of rotatable bonds is 0. The van der Waals surface area contributed by atoms with E-state index in [0.29, 0.717) is 63.5 Å². The summed E-state index contributed by atoms with van der Waals surface area (Å²) < 4.78 is 27.0. The van der Waals surface area contributed by atoms with E-state index in [1.807, 2.05) is 129 Å². The minimum Gasteiger partial charge on any atom is -0.364 e. The van der Waals surface area contributed by atoms with Gasteiger partial charge in [0.25, 0.3) is 23.6 Å². The van der Waals surface area contributed by atoms with Gasteiger partial charge in [-0.15, -0.1) is 0 Å². The molecular formula is C52H82N10O8. The summed E-state index contributed by atoms with van der Waals surface area (Å²) >= 11 is 0. The zero-order chi connectivity index (χ0) is 51.0. The first kappa shape index (κ1) is 53.7. The van der Waals surface area contributed by atoms with Crippen molar-refractivity contribution in [2.45, 2.75) is 167 Å². The van der Waals surface area contributed by atoms with Gasteiger partial charge in [-0.2, -0.15) is 0 Å². The van der Waals surface area contributed by atoms with Gasteiger partial charge in [0.05, 0.1) is 73.4 Å². The highest BCUT2D eigenvalue weighted by Crippen LogP contribution is 2.31. The summed E-state index contributed by atoms with van der Waals surface area (Å²) in [4.78, 5) is 78.6. The van der Waals surface area contributed by atoms with Crippen LogP contribution < -0.4 is 21.3 Å². The highest BCUT2D eigenvalue weighted by molar-refractivity contribution is 5.88. The average molecular weight is 975 g/mol. The van der Waals surface area contributed by atoms with Gasteiger partial charge < -0.3 is 50.0 Å². The molecule has 2 unspecified atom stereocenters. The normalized spacial score (nSPS) is 33.9. The molecule has 6 atom stereocenters. The van der Waals surface area contributed by atoms with Gasteiger partial charge >= 0.3 is 0 Å². The number of nitrogens with zero attached hydrogens (tertiary/aromatic N) is 6. The fourth-order valence-corrected chi connectivity index (χ4v) is 10.6. The molecule has 0 radical (unpaired) electrons. The van der Waals surface area contributed by atoms with Crippen LogP contribution in [0.5, 0.6) is 0 Å². The van der Waals surface area contributed by atoms with Crippen molar-refractivity contribution in [2.75, 3.05) is 78.8 Å². The largest absolute Gasteiger partial charge is 0.364 e. The Balaban J connectivity index is 1.34. The molecule has 0 spiro atoms. The predicted octanol–water partition coefficient (Wildman–Crippen LogP) is 2.91. The first-order chi connectivity index (χ1) is 32.6. The second-order valence-electron chi connectivity index (χ2n) is 23.8. The summed E-state index contributed by atoms with van der Waals surface area (Å²) in [6, 6.07) is 11.7. The molecule has 4 fully saturated rings. The fourth-order valence-electron chi connectivity index (χ4n) is 10.6. The monoisotopic (exact) mass is 975 g/mol. The summed E-state index contributed by atoms with van der Waals surface area (Å²) in [6.07, 6.45) is 0.737. The van der Waals surface area contributed by atoms with Crippen LogP contribution >= 0.6 is 0 Å². The summed E-state index contributed by atoms with van der Waals surface area (Å²) in [5.74, 6) is -0.958. The second kappa shape index (κ2) is 20.4. The van der Waals surface area contributed by atoms with Gasteiger partial charge in [-0.3, -0.25) is 38.9 Å². The standard InChI is InChI=1S/C52H82N10O8/c1-45(2)33-59-25-37-17-13-18-38(55-37)26-60-34-46(3,4)58-42(64)52(12,35-59)70-24-16-22-68-50(10)32-54-30-47(5,6)61-27-39-19-14-20-40(56-39)28-62(44(50)66)48(7,8)29-53-31-49(9,43(61)65)67-21-15-23-69-51(11,36-60)41(63)57-45/h13-14,17-20,53-54H,15-16,21-36H2,1-12H3,(H,57,63)(H,58,64)/t49-,50-,51+,52+/m1/s1. The van der Waals surface area contributed by atoms with Crippen molar-refractivity contribution >= 4 is 23.6 Å². The quantitative estimate of drug-likeness (QED) is 0.302. The van der Waals surface area contributed by atoms with E-state index in [4.69, 9.17) is 28.9 Å². The number of carbonyl (C=O) groups is 4. The minimum atomic E-state index is -1.36. The van der Waals surface area contributed by atoms with Gasteiger partial charge in [0.2, 0.25) is 0 Å². The molecule has 0 aliphatic carbocycles. The van der Waals surface area contributed by atoms with Gasteiger partial charge in [-0.25, -0.2) is 0 Å². The number of carbonyl (C=O) groups excluding carboxylic acids is 4. The van der Waals surface area contributed by atoms with E-state index in [0.717, 1.165) is 11.4 Å². The first-order valence-corrected chi connectivity index (χ1v) is 25.3. The van der Waals surface area contributed by atoms with E-state index in [9.17, 15) is 9.59 Å². The van der Waals surface area contributed by atoms with Crippen LogP contribution in [0, 0.1) is 0 Å². The third-order valence-corrected chi connectivity index (χ3v) is 14.4. The van der Waals surface area contributed by atoms with Crippen molar-refractivity contribution in [1.82, 2.24) is 50.8 Å². The maximum atomic E-state index is 15.4. The van der Waals surface area contributed by atoms with E-state index in [1.165, 1.54) is 0 Å². The number of hydrogen-bond acceptors (Lipinski definition) is 14. The summed E-state index contributed by atoms with van der Waals surface area (Å²) in [5, 5.41) is 13.8. The van der Waals surface area contributed by atoms with Crippen LogP contribution in [0.1, 0.15) is 119 Å². The lowest BCUT2D eigenvalue weighted by molar-refractivity contribution is -0.168. The Morgan fingerprint density at radius 3 is 1.13 bits per heavy atom. The minimum absolute atomic E-state index is 0.145. The highest BCUT2D eigenvalue weighted by atomic mass is 16.5. The lowest BCUT2D eigenvalue weighted by Crippen LogP contribution is -2.66. The Morgan fingerprint density at radius 1 is 0.443 bits per heavy atom. The molecule has 4 N–H and O–H groups in total. The van der Waals surface area contributed by atoms with Crippen LogP contribution in [0.4, 0.5) is 0 Å². The molecule has 8 aliphatic heterocycles. The van der Waals surface area contributed by atoms with Crippen LogP contribution in [0.25, 0.3) is 0 Å². The van der Waals surface area contributed by atoms with E-state index in [2.05, 4.69) is 31.1 Å². The number of ether oxygens (including phenoxy) is 4. The Labute approximate surface area is 416 Å². The molecule has 10 heterocycles. The van der Waals surface area contributed by atoms with Crippen molar-refractivity contribution in [3.8, 4) is 0 Å². The third-order valence-electron chi connectivity index (χ3n) is 14.4. The number of pyridine rings is 2. The van der Waals surface area contributed by atoms with Crippen molar-refractivity contribution in [3.63, 3.8) is 0 Å². The van der Waals surface area contributed by atoms with Crippen molar-refractivity contribution < 1.29 is 38.1 Å². The Hall–Kier alpha value is -4.14. The van der Waals surface area contributed by atoms with E-state index in [1.54, 1.807) is 0 Å². The zero-order valence-corrected chi connectivity index (χ0v) is 44.1. The maximum absolute atomic E-state index is 15.4. The lowest BCUT2D eigenvalue weighted by atomic mass is 9.93. The molecule has 12 bridgehead atoms. The van der Waals surface area contributed by atoms with E-state index >= 15 is 9.59 Å². The Bertz CT molecular complexity index is 2080. The van der Waals surface area contributed by atoms with Crippen LogP contribution in [0.3, 0.4) is 0 Å². The van der Waals surface area contributed by atoms with Gasteiger partial charge in [-0.1, -0.05) is 12.1 Å². The molecular weight excluding hydrogens is 893 g/mol. The fraction of sp³-hybridized carbons (Fsp3) is 0.731. The predicted molar refractivity (Wildman–Crippen MR) is 265 cm³/mol. The Morgan fingerprint density at radius 2 is 0.771 bits per heavy atom. The van der Waals surface area contributed by atoms with Crippen molar-refractivity contribution in [1.29, 1.82) is 0 Å². The van der Waals surface area contributed by atoms with Crippen molar-refractivity contribution in [3.05, 3.63) is 59.2 Å². The second-order valence-corrected chi connectivity index (χ2v) is 23.8. The number of aromatic nitrogens is 2. The molecule has 0 aromatic carbocycles. The van der Waals surface area contributed by atoms with Gasteiger partial charge in [0.1, 0.15) is 0 Å². The van der Waals surface area contributed by atoms with Crippen LogP contribution in [-0.2, 0) is 64.3 Å². The summed E-state index contributed by atoms with van der Waals surface area (Å²) in [7, 11) is 0. The average Bonchev–Trinajstić information content (AvgIpc) is 3.25. The molecule has 4 amide bonds. The van der Waals surface area contributed by atoms with Crippen LogP contribution in [0.15, 0.2) is 36.4 Å². The smallest absolute Gasteiger partial charge is 0.256 e. The molecule has 70 heavy (non-hydrogen) atoms. The van der Waals surface area contributed by atoms with Crippen LogP contribution in [0.2, 0.25) is 0 Å². The highest BCUT2D eigenvalue weighted by Gasteiger charge is 2.49. The van der Waals surface area contributed by atoms with Gasteiger partial charge in [-0.05, 0) is 120 Å².